The van der Waals surface area contributed by atoms with Gasteiger partial charge >= 0.3 is 0 Å². The molecule has 5 aromatic heterocycles. The van der Waals surface area contributed by atoms with E-state index in [2.05, 4.69) is 320 Å². The third-order valence-corrected chi connectivity index (χ3v) is 44.6. The minimum absolute atomic E-state index is 0.335. The minimum atomic E-state index is -2.12. The van der Waals surface area contributed by atoms with Crippen LogP contribution in [-0.4, -0.2) is 40.4 Å². The number of hydrogen-bond acceptors (Lipinski definition) is 5. The van der Waals surface area contributed by atoms with E-state index in [9.17, 15) is 0 Å². The summed E-state index contributed by atoms with van der Waals surface area (Å²) in [6, 6.07) is 79.6. The summed E-state index contributed by atoms with van der Waals surface area (Å²) < 4.78 is 112. The van der Waals surface area contributed by atoms with Crippen LogP contribution in [0.3, 0.4) is 0 Å². The summed E-state index contributed by atoms with van der Waals surface area (Å²) in [5.41, 5.74) is 22.9. The van der Waals surface area contributed by atoms with E-state index in [-0.39, 0.29) is 0 Å². The van der Waals surface area contributed by atoms with Crippen LogP contribution in [0, 0.1) is 82.9 Å². The Bertz CT molecular complexity index is 7350. The van der Waals surface area contributed by atoms with Crippen molar-refractivity contribution in [3.8, 4) is 114 Å². The van der Waals surface area contributed by atoms with E-state index in [4.69, 9.17) is 36.0 Å². The third-order valence-electron chi connectivity index (χ3n) is 27.0. The largest absolute Gasteiger partial charge is 0.458 e. The highest BCUT2D eigenvalue weighted by Crippen LogP contribution is 2.44. The number of pyridine rings is 5. The molecule has 5 aliphatic rings. The first kappa shape index (κ1) is 77.4. The predicted molar refractivity (Wildman–Crippen MR) is 538 cm³/mol. The zero-order chi connectivity index (χ0) is 98.1. The van der Waals surface area contributed by atoms with Gasteiger partial charge in [0.05, 0.1) is 27.8 Å². The summed E-state index contributed by atoms with van der Waals surface area (Å²) in [6.07, 6.45) is 9.55. The number of rotatable bonds is 5. The lowest BCUT2D eigenvalue weighted by atomic mass is 10.0. The SMILES string of the molecule is Cc1cc(-c2c(C)ccc3c2Oc2ccccc2[Si]3(C)C)[n+](C)cc1C.Cc1ccc(-c2c(C)ccc3c2Oc2ccccc2[Si]3(C)C)[n+](C)c1.[2H]C([2H])([2H])c1c[n+](C)c(-c2c(C)ccc3c2[Si](C)(C)c2ccccc2O3)cc1C.[2H]C([2H])([2H])c1ccc(-c2c(C)ccc3c2Oc2ccccc2[Si]3(C)C)[n+](C)c1.[2H]C([2H])([2H])c1ccc(-c2c(C)ccc3c2[Si](C)(C)c2ccccc2O3)[n+](C)c1. The standard InChI is InChI=1S/2C23H26NOSi.3C22H24NOSi/c1-15-11-12-20-23(22(15)18-13-16(2)17(3)14-24(18)4)26(5,6)21-10-8-7-9-19(21)25-20;1-15-11-12-21-23(22(15)18-13-16(2)17(3)14-24(18)4)25-19-9-7-8-10-20(19)26(21,5)6;1-15-10-12-17(23(3)14-15)21-16(2)11-13-19-22(21)25(4,5)20-9-7-6-8-18(20)24-19;2*1-15-10-12-17(23(3)14-15)21-16(2)11-13-20-22(21)24-18-8-6-7-9-19(18)25(20,4)5/h2*7-14H,1-6H3;3*6-14H,1-5H3/q5*+1/i3D3;;2*1D3;. The molecule has 0 fully saturated rings. The Kier molecular flexibility index (Phi) is 20.7. The quantitative estimate of drug-likeness (QED) is 0.127. The van der Waals surface area contributed by atoms with Crippen molar-refractivity contribution < 1.29 is 58.9 Å². The van der Waals surface area contributed by atoms with E-state index in [0.29, 0.717) is 16.7 Å². The molecule has 0 aliphatic carbocycles. The number of para-hydroxylation sites is 5. The molecule has 0 bridgehead atoms. The zero-order valence-corrected chi connectivity index (χ0v) is 83.1. The molecular weight excluding hydrogens is 1640 g/mol. The molecular formula is C112H124N5O5Si5+5. The van der Waals surface area contributed by atoms with Gasteiger partial charge in [0.25, 0.3) is 0 Å². The van der Waals surface area contributed by atoms with Gasteiger partial charge in [-0.3, -0.25) is 0 Å². The molecule has 5 aliphatic heterocycles. The number of fused-ring (bicyclic) bond motifs is 10. The number of aromatic nitrogens is 5. The average Bonchev–Trinajstić information content (AvgIpc) is 0.730. The number of ether oxygens (including phenoxy) is 5. The van der Waals surface area contributed by atoms with Gasteiger partial charge in [0.15, 0.2) is 31.0 Å². The molecule has 10 aromatic carbocycles. The van der Waals surface area contributed by atoms with Crippen LogP contribution in [-0.2, 0) is 35.2 Å². The molecule has 0 spiro atoms. The van der Waals surface area contributed by atoms with Crippen LogP contribution in [0.2, 0.25) is 65.5 Å². The fraction of sp³-hybridized carbons (Fsp3) is 0.241. The highest BCUT2D eigenvalue weighted by atomic mass is 28.3. The Morgan fingerprint density at radius 1 is 0.213 bits per heavy atom. The van der Waals surface area contributed by atoms with Crippen LogP contribution in [0.1, 0.15) is 79.1 Å². The first-order valence-electron chi connectivity index (χ1n) is 48.5. The predicted octanol–water partition coefficient (Wildman–Crippen LogP) is 19.2. The average molecular weight is 1770 g/mol. The van der Waals surface area contributed by atoms with Gasteiger partial charge in [0.1, 0.15) is 133 Å². The van der Waals surface area contributed by atoms with E-state index >= 15 is 0 Å². The number of benzene rings is 10. The molecule has 10 heterocycles. The van der Waals surface area contributed by atoms with Crippen molar-refractivity contribution in [2.45, 2.75) is 148 Å². The summed E-state index contributed by atoms with van der Waals surface area (Å²) in [4.78, 5) is 0. The molecule has 0 unspecified atom stereocenters. The maximum absolute atomic E-state index is 7.83. The van der Waals surface area contributed by atoms with Gasteiger partial charge in [-0.25, -0.2) is 22.8 Å². The molecule has 15 aromatic rings. The summed E-state index contributed by atoms with van der Waals surface area (Å²) in [5, 5.41) is 13.2. The molecule has 20 rings (SSSR count). The highest BCUT2D eigenvalue weighted by Gasteiger charge is 2.46. The Morgan fingerprint density at radius 3 is 0.835 bits per heavy atom. The van der Waals surface area contributed by atoms with E-state index in [0.717, 1.165) is 102 Å². The lowest BCUT2D eigenvalue weighted by Crippen LogP contribution is -2.57. The van der Waals surface area contributed by atoms with Crippen LogP contribution in [0.4, 0.5) is 0 Å². The van der Waals surface area contributed by atoms with Crippen molar-refractivity contribution in [2.24, 2.45) is 35.2 Å². The van der Waals surface area contributed by atoms with Gasteiger partial charge in [-0.05, 0) is 224 Å². The van der Waals surface area contributed by atoms with Crippen molar-refractivity contribution in [3.05, 3.63) is 328 Å². The van der Waals surface area contributed by atoms with E-state index in [1.165, 1.54) is 113 Å². The zero-order valence-electron chi connectivity index (χ0n) is 87.1. The molecule has 0 saturated heterocycles. The first-order chi connectivity index (χ1) is 63.9. The van der Waals surface area contributed by atoms with Crippen molar-refractivity contribution in [3.63, 3.8) is 0 Å². The van der Waals surface area contributed by atoms with E-state index in [1.54, 1.807) is 30.7 Å². The lowest BCUT2D eigenvalue weighted by molar-refractivity contribution is -0.660. The summed E-state index contributed by atoms with van der Waals surface area (Å²) in [6.45, 7) is 36.5. The normalized spacial score (nSPS) is 15.8. The molecule has 0 N–H and O–H groups in total. The van der Waals surface area contributed by atoms with E-state index in [1.807, 2.05) is 96.4 Å². The molecule has 0 atom stereocenters. The van der Waals surface area contributed by atoms with Gasteiger partial charge in [-0.15, -0.1) is 0 Å². The second-order valence-electron chi connectivity index (χ2n) is 37.8. The minimum Gasteiger partial charge on any atom is -0.458 e. The van der Waals surface area contributed by atoms with E-state index < -0.39 is 60.9 Å². The molecule has 127 heavy (non-hydrogen) atoms. The second-order valence-corrected chi connectivity index (χ2v) is 59.4. The van der Waals surface area contributed by atoms with Gasteiger partial charge in [0.2, 0.25) is 28.5 Å². The highest BCUT2D eigenvalue weighted by molar-refractivity contribution is 7.04. The van der Waals surface area contributed by atoms with Crippen molar-refractivity contribution >= 4 is 92.2 Å². The molecule has 0 radical (unpaired) electrons. The first-order valence-corrected chi connectivity index (χ1v) is 59.0. The van der Waals surface area contributed by atoms with Crippen LogP contribution < -0.4 is 98.4 Å². The maximum atomic E-state index is 7.83. The summed E-state index contributed by atoms with van der Waals surface area (Å²) in [5.74, 6) is 9.72. The Morgan fingerprint density at radius 2 is 0.480 bits per heavy atom. The number of aryl methyl sites for hydroxylation is 17. The maximum Gasteiger partial charge on any atom is 0.216 e. The Hall–Kier alpha value is -12.0. The third kappa shape index (κ3) is 16.0. The summed E-state index contributed by atoms with van der Waals surface area (Å²) >= 11 is 0. The molecule has 0 saturated carbocycles. The van der Waals surface area contributed by atoms with Crippen LogP contribution in [0.15, 0.2) is 262 Å². The smallest absolute Gasteiger partial charge is 0.216 e. The number of nitrogens with zero attached hydrogens (tertiary/aromatic N) is 5. The van der Waals surface area contributed by atoms with Crippen LogP contribution in [0.5, 0.6) is 57.5 Å². The Labute approximate surface area is 771 Å². The van der Waals surface area contributed by atoms with Gasteiger partial charge in [-0.2, -0.15) is 0 Å². The van der Waals surface area contributed by atoms with Crippen LogP contribution >= 0.6 is 0 Å². The Balaban J connectivity index is 0.000000123. The number of hydrogen-bond donors (Lipinski definition) is 0. The van der Waals surface area contributed by atoms with Crippen molar-refractivity contribution in [2.75, 3.05) is 0 Å². The van der Waals surface area contributed by atoms with Crippen molar-refractivity contribution in [1.82, 2.24) is 0 Å². The fourth-order valence-electron chi connectivity index (χ4n) is 19.7. The van der Waals surface area contributed by atoms with Crippen molar-refractivity contribution in [1.29, 1.82) is 0 Å². The summed E-state index contributed by atoms with van der Waals surface area (Å²) in [7, 11) is 0.444. The van der Waals surface area contributed by atoms with Gasteiger partial charge < -0.3 is 23.7 Å². The molecule has 642 valence electrons. The fourth-order valence-corrected chi connectivity index (χ4v) is 34.6. The van der Waals surface area contributed by atoms with Gasteiger partial charge in [-0.1, -0.05) is 205 Å². The monoisotopic (exact) mass is 1770 g/mol. The molecule has 0 amide bonds. The lowest BCUT2D eigenvalue weighted by Gasteiger charge is -2.34. The van der Waals surface area contributed by atoms with Crippen LogP contribution in [0.25, 0.3) is 56.3 Å². The van der Waals surface area contributed by atoms with Gasteiger partial charge in [0, 0.05) is 80.9 Å². The second kappa shape index (κ2) is 34.0. The molecule has 15 heteroatoms. The topological polar surface area (TPSA) is 65.5 Å². The molecule has 10 nitrogen and oxygen atoms in total.